The SMILES string of the molecule is CCc1oc2ccccc2c1C(=O)c1ccc([N+](=O)[O-])cc1. The van der Waals surface area contributed by atoms with Crippen LogP contribution in [-0.4, -0.2) is 10.7 Å². The zero-order chi connectivity index (χ0) is 15.7. The number of carbonyl (C=O) groups is 1. The Kier molecular flexibility index (Phi) is 3.47. The van der Waals surface area contributed by atoms with Crippen molar-refractivity contribution in [3.05, 3.63) is 75.5 Å². The molecule has 3 aromatic rings. The molecule has 0 N–H and O–H groups in total. The van der Waals surface area contributed by atoms with Crippen LogP contribution in [-0.2, 0) is 6.42 Å². The Bertz CT molecular complexity index is 862. The van der Waals surface area contributed by atoms with Crippen molar-refractivity contribution in [2.24, 2.45) is 0 Å². The molecule has 0 bridgehead atoms. The molecule has 5 heteroatoms. The summed E-state index contributed by atoms with van der Waals surface area (Å²) in [6.07, 6.45) is 0.600. The molecule has 22 heavy (non-hydrogen) atoms. The second-order valence-electron chi connectivity index (χ2n) is 4.88. The molecule has 0 spiro atoms. The Morgan fingerprint density at radius 1 is 1.14 bits per heavy atom. The molecule has 1 heterocycles. The number of nitrogens with zero attached hydrogens (tertiary/aromatic N) is 1. The van der Waals surface area contributed by atoms with Crippen LogP contribution in [0.4, 0.5) is 5.69 Å². The zero-order valence-corrected chi connectivity index (χ0v) is 11.9. The third-order valence-electron chi connectivity index (χ3n) is 3.56. The van der Waals surface area contributed by atoms with Gasteiger partial charge >= 0.3 is 0 Å². The Morgan fingerprint density at radius 3 is 2.45 bits per heavy atom. The first-order valence-electron chi connectivity index (χ1n) is 6.91. The molecule has 0 aliphatic carbocycles. The van der Waals surface area contributed by atoms with Gasteiger partial charge in [-0.3, -0.25) is 14.9 Å². The van der Waals surface area contributed by atoms with Crippen LogP contribution in [0.15, 0.2) is 52.9 Å². The van der Waals surface area contributed by atoms with E-state index in [9.17, 15) is 14.9 Å². The number of benzene rings is 2. The van der Waals surface area contributed by atoms with Crippen LogP contribution >= 0.6 is 0 Å². The van der Waals surface area contributed by atoms with Crippen LogP contribution in [0.2, 0.25) is 0 Å². The van der Waals surface area contributed by atoms with Gasteiger partial charge in [-0.2, -0.15) is 0 Å². The number of rotatable bonds is 4. The Morgan fingerprint density at radius 2 is 1.82 bits per heavy atom. The minimum atomic E-state index is -0.487. The van der Waals surface area contributed by atoms with Crippen molar-refractivity contribution < 1.29 is 14.1 Å². The second-order valence-corrected chi connectivity index (χ2v) is 4.88. The number of furan rings is 1. The average Bonchev–Trinajstić information content (AvgIpc) is 2.92. The molecule has 2 aromatic carbocycles. The molecule has 0 fully saturated rings. The Balaban J connectivity index is 2.10. The van der Waals surface area contributed by atoms with E-state index in [4.69, 9.17) is 4.42 Å². The van der Waals surface area contributed by atoms with Gasteiger partial charge in [-0.15, -0.1) is 0 Å². The number of carbonyl (C=O) groups excluding carboxylic acids is 1. The number of non-ortho nitro benzene ring substituents is 1. The number of ketones is 1. The molecule has 3 rings (SSSR count). The number of nitro benzene ring substituents is 1. The molecule has 0 unspecified atom stereocenters. The Hall–Kier alpha value is -2.95. The van der Waals surface area contributed by atoms with E-state index in [1.165, 1.54) is 24.3 Å². The van der Waals surface area contributed by atoms with Gasteiger partial charge in [0.1, 0.15) is 11.3 Å². The van der Waals surface area contributed by atoms with E-state index in [1.54, 1.807) is 0 Å². The van der Waals surface area contributed by atoms with Gasteiger partial charge in [0.05, 0.1) is 10.5 Å². The molecule has 0 saturated heterocycles. The van der Waals surface area contributed by atoms with Crippen LogP contribution in [0.5, 0.6) is 0 Å². The molecular formula is C17H13NO4. The predicted octanol–water partition coefficient (Wildman–Crippen LogP) is 4.13. The molecule has 0 aliphatic heterocycles. The van der Waals surface area contributed by atoms with Crippen LogP contribution in [0.1, 0.15) is 28.6 Å². The van der Waals surface area contributed by atoms with E-state index >= 15 is 0 Å². The van der Waals surface area contributed by atoms with E-state index in [1.807, 2.05) is 31.2 Å². The first-order valence-corrected chi connectivity index (χ1v) is 6.91. The van der Waals surface area contributed by atoms with Crippen LogP contribution in [0, 0.1) is 10.1 Å². The largest absolute Gasteiger partial charge is 0.460 e. The molecule has 0 saturated carbocycles. The molecule has 0 radical (unpaired) electrons. The highest BCUT2D eigenvalue weighted by atomic mass is 16.6. The summed E-state index contributed by atoms with van der Waals surface area (Å²) in [6, 6.07) is 13.0. The number of para-hydroxylation sites is 1. The smallest absolute Gasteiger partial charge is 0.269 e. The summed E-state index contributed by atoms with van der Waals surface area (Å²) in [7, 11) is 0. The standard InChI is InChI=1S/C17H13NO4/c1-2-14-16(13-5-3-4-6-15(13)22-14)17(19)11-7-9-12(10-8-11)18(20)21/h3-10H,2H2,1H3. The minimum absolute atomic E-state index is 0.0377. The fraction of sp³-hybridized carbons (Fsp3) is 0.118. The van der Waals surface area contributed by atoms with Crippen molar-refractivity contribution in [1.29, 1.82) is 0 Å². The minimum Gasteiger partial charge on any atom is -0.460 e. The summed E-state index contributed by atoms with van der Waals surface area (Å²) in [4.78, 5) is 23.0. The monoisotopic (exact) mass is 295 g/mol. The van der Waals surface area contributed by atoms with E-state index in [2.05, 4.69) is 0 Å². The molecule has 0 amide bonds. The summed E-state index contributed by atoms with van der Waals surface area (Å²) >= 11 is 0. The van der Waals surface area contributed by atoms with Crippen molar-refractivity contribution in [3.8, 4) is 0 Å². The van der Waals surface area contributed by atoms with Gasteiger partial charge in [0, 0.05) is 29.5 Å². The van der Waals surface area contributed by atoms with Gasteiger partial charge in [-0.05, 0) is 18.2 Å². The van der Waals surface area contributed by atoms with Crippen LogP contribution < -0.4 is 0 Å². The predicted molar refractivity (Wildman–Crippen MR) is 82.1 cm³/mol. The lowest BCUT2D eigenvalue weighted by atomic mass is 9.99. The normalized spacial score (nSPS) is 10.8. The molecule has 110 valence electrons. The third-order valence-corrected chi connectivity index (χ3v) is 3.56. The summed E-state index contributed by atoms with van der Waals surface area (Å²) in [5.41, 5.74) is 1.58. The van der Waals surface area contributed by atoms with Gasteiger partial charge in [-0.25, -0.2) is 0 Å². The summed E-state index contributed by atoms with van der Waals surface area (Å²) < 4.78 is 5.72. The summed E-state index contributed by atoms with van der Waals surface area (Å²) in [5.74, 6) is 0.446. The summed E-state index contributed by atoms with van der Waals surface area (Å²) in [6.45, 7) is 1.92. The zero-order valence-electron chi connectivity index (χ0n) is 11.9. The van der Waals surface area contributed by atoms with Gasteiger partial charge in [0.25, 0.3) is 5.69 Å². The van der Waals surface area contributed by atoms with Gasteiger partial charge in [0.2, 0.25) is 0 Å². The van der Waals surface area contributed by atoms with E-state index < -0.39 is 4.92 Å². The topological polar surface area (TPSA) is 73.3 Å². The highest BCUT2D eigenvalue weighted by molar-refractivity contribution is 6.16. The molecule has 0 atom stereocenters. The van der Waals surface area contributed by atoms with Gasteiger partial charge in [-0.1, -0.05) is 25.1 Å². The second kappa shape index (κ2) is 5.44. The van der Waals surface area contributed by atoms with Crippen molar-refractivity contribution >= 4 is 22.4 Å². The number of hydrogen-bond donors (Lipinski definition) is 0. The molecule has 0 aliphatic rings. The highest BCUT2D eigenvalue weighted by Crippen LogP contribution is 2.28. The van der Waals surface area contributed by atoms with Crippen molar-refractivity contribution in [1.82, 2.24) is 0 Å². The highest BCUT2D eigenvalue weighted by Gasteiger charge is 2.21. The maximum atomic E-state index is 12.8. The first-order chi connectivity index (χ1) is 10.6. The van der Waals surface area contributed by atoms with Crippen molar-refractivity contribution in [2.75, 3.05) is 0 Å². The third kappa shape index (κ3) is 2.26. The maximum absolute atomic E-state index is 12.8. The quantitative estimate of drug-likeness (QED) is 0.412. The number of nitro groups is 1. The van der Waals surface area contributed by atoms with E-state index in [0.717, 1.165) is 5.39 Å². The first kappa shape index (κ1) is 14.0. The maximum Gasteiger partial charge on any atom is 0.269 e. The number of aryl methyl sites for hydroxylation is 1. The molecular weight excluding hydrogens is 282 g/mol. The van der Waals surface area contributed by atoms with Crippen molar-refractivity contribution in [3.63, 3.8) is 0 Å². The molecule has 1 aromatic heterocycles. The van der Waals surface area contributed by atoms with E-state index in [-0.39, 0.29) is 11.5 Å². The average molecular weight is 295 g/mol. The van der Waals surface area contributed by atoms with Crippen molar-refractivity contribution in [2.45, 2.75) is 13.3 Å². The fourth-order valence-electron chi connectivity index (χ4n) is 2.47. The number of hydrogen-bond acceptors (Lipinski definition) is 4. The van der Waals surface area contributed by atoms with Crippen LogP contribution in [0.3, 0.4) is 0 Å². The lowest BCUT2D eigenvalue weighted by molar-refractivity contribution is -0.384. The Labute approximate surface area is 126 Å². The lowest BCUT2D eigenvalue weighted by Crippen LogP contribution is -2.03. The van der Waals surface area contributed by atoms with E-state index in [0.29, 0.717) is 28.9 Å². The lowest BCUT2D eigenvalue weighted by Gasteiger charge is -2.01. The fourth-order valence-corrected chi connectivity index (χ4v) is 2.47. The molecule has 5 nitrogen and oxygen atoms in total. The van der Waals surface area contributed by atoms with Gasteiger partial charge in [0.15, 0.2) is 5.78 Å². The van der Waals surface area contributed by atoms with Crippen LogP contribution in [0.25, 0.3) is 11.0 Å². The summed E-state index contributed by atoms with van der Waals surface area (Å²) in [5, 5.41) is 11.5. The number of fused-ring (bicyclic) bond motifs is 1. The van der Waals surface area contributed by atoms with Gasteiger partial charge < -0.3 is 4.42 Å².